The molecular weight excluding hydrogens is 733 g/mol. The van der Waals surface area contributed by atoms with Crippen molar-refractivity contribution in [2.75, 3.05) is 19.8 Å². The Bertz CT molecular complexity index is 1940. The van der Waals surface area contributed by atoms with Crippen LogP contribution in [0.25, 0.3) is 10.9 Å². The zero-order valence-electron chi connectivity index (χ0n) is 30.4. The lowest BCUT2D eigenvalue weighted by Gasteiger charge is -2.30. The maximum absolute atomic E-state index is 14.2. The highest BCUT2D eigenvalue weighted by atomic mass is 19.4. The minimum atomic E-state index is -5.08. The number of alkyl halides is 3. The number of hydrogen-bond acceptors (Lipinski definition) is 7. The standard InChI is InChI=1S/C38H44N6O5.C2HF3O2/c45-35-22-34(41-28-15-17-49-18-16-28)38(48)44-33(21-27-23-39-31-14-8-7-13-30(27)31)37(47)43-32(20-26-11-5-2-6-12-26)36(46)42-29(24-40-35)19-25-9-3-1-4-10-25;3-2(4,5)1(6)7/h1-14,23,28-29,32-34,39,41H,15-22,24H2,(H,40,45)(H,42,46)(H,43,47)(H,44,48);(H,6,7)/t29-,32+,33+,34-;/m1./s1. The molecule has 2 aliphatic rings. The monoisotopic (exact) mass is 778 g/mol. The minimum absolute atomic E-state index is 0.0163. The van der Waals surface area contributed by atoms with Crippen LogP contribution in [0.5, 0.6) is 0 Å². The molecule has 16 heteroatoms. The molecule has 13 nitrogen and oxygen atoms in total. The first kappa shape index (κ1) is 41.4. The Kier molecular flexibility index (Phi) is 14.6. The summed E-state index contributed by atoms with van der Waals surface area (Å²) in [7, 11) is 0. The molecule has 3 heterocycles. The second-order valence-electron chi connectivity index (χ2n) is 13.7. The van der Waals surface area contributed by atoms with Crippen LogP contribution >= 0.6 is 0 Å². The smallest absolute Gasteiger partial charge is 0.475 e. The zero-order chi connectivity index (χ0) is 40.1. The van der Waals surface area contributed by atoms with Crippen molar-refractivity contribution in [2.45, 2.75) is 74.9 Å². The van der Waals surface area contributed by atoms with E-state index in [2.05, 4.69) is 31.6 Å². The van der Waals surface area contributed by atoms with Crippen LogP contribution in [0.4, 0.5) is 13.2 Å². The number of benzene rings is 3. The van der Waals surface area contributed by atoms with E-state index in [0.29, 0.717) is 32.5 Å². The Balaban J connectivity index is 0.000000784. The number of carbonyl (C=O) groups is 5. The number of aromatic amines is 1. The van der Waals surface area contributed by atoms with Gasteiger partial charge in [-0.2, -0.15) is 13.2 Å². The van der Waals surface area contributed by atoms with Gasteiger partial charge in [0.05, 0.1) is 18.5 Å². The van der Waals surface area contributed by atoms with Crippen LogP contribution in [-0.4, -0.2) is 95.8 Å². The van der Waals surface area contributed by atoms with E-state index in [-0.39, 0.29) is 43.7 Å². The number of nitrogens with one attached hydrogen (secondary N) is 6. The molecule has 2 aliphatic heterocycles. The first-order valence-corrected chi connectivity index (χ1v) is 18.3. The third kappa shape index (κ3) is 12.4. The summed E-state index contributed by atoms with van der Waals surface area (Å²) in [6.07, 6.45) is -1.09. The lowest BCUT2D eigenvalue weighted by atomic mass is 10.00. The van der Waals surface area contributed by atoms with Gasteiger partial charge in [-0.3, -0.25) is 19.2 Å². The van der Waals surface area contributed by atoms with E-state index in [4.69, 9.17) is 14.6 Å². The van der Waals surface area contributed by atoms with Crippen LogP contribution < -0.4 is 26.6 Å². The van der Waals surface area contributed by atoms with Crippen molar-refractivity contribution in [1.82, 2.24) is 31.6 Å². The van der Waals surface area contributed by atoms with Gasteiger partial charge in [-0.25, -0.2) is 4.79 Å². The van der Waals surface area contributed by atoms with Crippen LogP contribution in [0, 0.1) is 0 Å². The van der Waals surface area contributed by atoms with Crippen LogP contribution in [0.3, 0.4) is 0 Å². The third-order valence-electron chi connectivity index (χ3n) is 9.47. The molecule has 1 aromatic heterocycles. The zero-order valence-corrected chi connectivity index (χ0v) is 30.4. The van der Waals surface area contributed by atoms with Gasteiger partial charge in [0, 0.05) is 55.7 Å². The number of hydrogen-bond donors (Lipinski definition) is 7. The second kappa shape index (κ2) is 19.7. The van der Waals surface area contributed by atoms with Gasteiger partial charge >= 0.3 is 12.1 Å². The van der Waals surface area contributed by atoms with Crippen LogP contribution in [0.15, 0.2) is 91.1 Å². The molecule has 56 heavy (non-hydrogen) atoms. The van der Waals surface area contributed by atoms with Gasteiger partial charge in [-0.15, -0.1) is 0 Å². The number of rotatable bonds is 8. The third-order valence-corrected chi connectivity index (χ3v) is 9.47. The summed E-state index contributed by atoms with van der Waals surface area (Å²) in [5, 5.41) is 23.5. The molecule has 0 bridgehead atoms. The van der Waals surface area contributed by atoms with Gasteiger partial charge in [0.1, 0.15) is 12.1 Å². The number of amides is 4. The van der Waals surface area contributed by atoms with E-state index in [1.165, 1.54) is 0 Å². The molecule has 3 aromatic carbocycles. The molecule has 4 amide bonds. The van der Waals surface area contributed by atoms with Crippen LogP contribution in [-0.2, 0) is 48.0 Å². The van der Waals surface area contributed by atoms with E-state index in [1.54, 1.807) is 0 Å². The highest BCUT2D eigenvalue weighted by molar-refractivity contribution is 5.95. The van der Waals surface area contributed by atoms with Crippen LogP contribution in [0.2, 0.25) is 0 Å². The molecule has 2 fully saturated rings. The lowest BCUT2D eigenvalue weighted by Crippen LogP contribution is -2.60. The predicted octanol–water partition coefficient (Wildman–Crippen LogP) is 2.94. The number of halogens is 3. The number of para-hydroxylation sites is 1. The predicted molar refractivity (Wildman–Crippen MR) is 200 cm³/mol. The number of fused-ring (bicyclic) bond motifs is 1. The fraction of sp³-hybridized carbons (Fsp3) is 0.375. The number of aliphatic carboxylic acids is 1. The largest absolute Gasteiger partial charge is 0.490 e. The van der Waals surface area contributed by atoms with Gasteiger partial charge in [-0.1, -0.05) is 78.9 Å². The highest BCUT2D eigenvalue weighted by Crippen LogP contribution is 2.20. The average Bonchev–Trinajstić information content (AvgIpc) is 3.59. The Morgan fingerprint density at radius 2 is 1.30 bits per heavy atom. The number of ether oxygens (including phenoxy) is 1. The highest BCUT2D eigenvalue weighted by Gasteiger charge is 2.38. The summed E-state index contributed by atoms with van der Waals surface area (Å²) in [4.78, 5) is 67.9. The van der Waals surface area contributed by atoms with Gasteiger partial charge < -0.3 is 41.4 Å². The molecule has 6 rings (SSSR count). The number of carboxylic acids is 1. The van der Waals surface area contributed by atoms with E-state index < -0.39 is 48.1 Å². The van der Waals surface area contributed by atoms with E-state index in [9.17, 15) is 32.3 Å². The van der Waals surface area contributed by atoms with Gasteiger partial charge in [0.15, 0.2) is 0 Å². The SMILES string of the molecule is O=C(O)C(F)(F)F.O=C1C[C@@H](NC2CCOCC2)C(=O)N[C@@H](Cc2c[nH]c3ccccc23)C(=O)N[C@@H](Cc2ccccc2)C(=O)N[C@H](Cc2ccccc2)CN1. The van der Waals surface area contributed by atoms with Crippen molar-refractivity contribution in [3.8, 4) is 0 Å². The number of aromatic nitrogens is 1. The Morgan fingerprint density at radius 3 is 1.95 bits per heavy atom. The normalized spacial score (nSPS) is 21.7. The maximum Gasteiger partial charge on any atom is 0.490 e. The summed E-state index contributed by atoms with van der Waals surface area (Å²) >= 11 is 0. The molecule has 298 valence electrons. The van der Waals surface area contributed by atoms with E-state index in [0.717, 1.165) is 27.6 Å². The van der Waals surface area contributed by atoms with Crippen molar-refractivity contribution in [2.24, 2.45) is 0 Å². The van der Waals surface area contributed by atoms with Crippen molar-refractivity contribution < 1.29 is 47.0 Å². The summed E-state index contributed by atoms with van der Waals surface area (Å²) in [5.41, 5.74) is 3.61. The van der Waals surface area contributed by atoms with Crippen LogP contribution in [0.1, 0.15) is 36.0 Å². The first-order chi connectivity index (χ1) is 26.9. The summed E-state index contributed by atoms with van der Waals surface area (Å²) in [6, 6.07) is 23.6. The van der Waals surface area contributed by atoms with Gasteiger partial charge in [-0.05, 0) is 42.0 Å². The quantitative estimate of drug-likeness (QED) is 0.142. The van der Waals surface area contributed by atoms with Gasteiger partial charge in [0.2, 0.25) is 23.6 Å². The Morgan fingerprint density at radius 1 is 0.750 bits per heavy atom. The Labute approximate surface area is 321 Å². The molecule has 0 unspecified atom stereocenters. The first-order valence-electron chi connectivity index (χ1n) is 18.3. The van der Waals surface area contributed by atoms with Crippen molar-refractivity contribution in [3.05, 3.63) is 108 Å². The van der Waals surface area contributed by atoms with E-state index >= 15 is 0 Å². The van der Waals surface area contributed by atoms with Crippen molar-refractivity contribution >= 4 is 40.5 Å². The Hall–Kier alpha value is -5.74. The van der Waals surface area contributed by atoms with Crippen molar-refractivity contribution in [1.29, 1.82) is 0 Å². The molecule has 0 radical (unpaired) electrons. The summed E-state index contributed by atoms with van der Waals surface area (Å²) < 4.78 is 37.2. The maximum atomic E-state index is 14.2. The molecule has 4 aromatic rings. The molecule has 0 saturated carbocycles. The number of H-pyrrole nitrogens is 1. The fourth-order valence-corrected chi connectivity index (χ4v) is 6.58. The lowest BCUT2D eigenvalue weighted by molar-refractivity contribution is -0.192. The average molecular weight is 779 g/mol. The molecule has 0 spiro atoms. The molecule has 2 saturated heterocycles. The summed E-state index contributed by atoms with van der Waals surface area (Å²) in [5.74, 6) is -4.40. The minimum Gasteiger partial charge on any atom is -0.475 e. The fourth-order valence-electron chi connectivity index (χ4n) is 6.58. The molecular formula is C40H45F3N6O7. The van der Waals surface area contributed by atoms with Crippen molar-refractivity contribution in [3.63, 3.8) is 0 Å². The molecule has 4 atom stereocenters. The van der Waals surface area contributed by atoms with Gasteiger partial charge in [0.25, 0.3) is 0 Å². The molecule has 0 aliphatic carbocycles. The number of carboxylic acid groups (broad SMARTS) is 1. The summed E-state index contributed by atoms with van der Waals surface area (Å²) in [6.45, 7) is 1.28. The van der Waals surface area contributed by atoms with E-state index in [1.807, 2.05) is 91.1 Å². The second-order valence-corrected chi connectivity index (χ2v) is 13.7. The number of carbonyl (C=O) groups excluding carboxylic acids is 4. The molecule has 7 N–H and O–H groups in total. The topological polar surface area (TPSA) is 191 Å².